The molecule has 0 aromatic heterocycles. The molecular weight excluding hydrogens is 289 g/mol. The van der Waals surface area contributed by atoms with E-state index in [2.05, 4.69) is 4.72 Å². The summed E-state index contributed by atoms with van der Waals surface area (Å²) in [7, 11) is 3.38. The standard InChI is InChI=1S/C14H18BNO4S/c1-20-14(17)10-2-6-12(7-3-10)16-21(18,19)13-8-4-11(15)5-9-13/h4-5,8-10,12,16H,2-3,6-7H2,1H3. The highest BCUT2D eigenvalue weighted by Crippen LogP contribution is 2.26. The van der Waals surface area contributed by atoms with Gasteiger partial charge >= 0.3 is 5.97 Å². The number of carbonyl (C=O) groups is 1. The van der Waals surface area contributed by atoms with Crippen molar-refractivity contribution in [3.63, 3.8) is 0 Å². The second-order valence-electron chi connectivity index (χ2n) is 5.26. The number of carbonyl (C=O) groups excluding carboxylic acids is 1. The van der Waals surface area contributed by atoms with E-state index in [1.165, 1.54) is 19.2 Å². The number of sulfonamides is 1. The number of ether oxygens (including phenoxy) is 1. The fourth-order valence-electron chi connectivity index (χ4n) is 2.55. The largest absolute Gasteiger partial charge is 0.469 e. The Hall–Kier alpha value is -1.34. The minimum absolute atomic E-state index is 0.118. The number of esters is 1. The third-order valence-corrected chi connectivity index (χ3v) is 5.31. The van der Waals surface area contributed by atoms with Gasteiger partial charge in [-0.25, -0.2) is 13.1 Å². The molecule has 7 heteroatoms. The van der Waals surface area contributed by atoms with Crippen LogP contribution in [0.1, 0.15) is 25.7 Å². The number of methoxy groups -OCH3 is 1. The molecule has 0 spiro atoms. The van der Waals surface area contributed by atoms with Crippen LogP contribution in [0.25, 0.3) is 0 Å². The molecule has 1 saturated carbocycles. The van der Waals surface area contributed by atoms with E-state index in [0.717, 1.165) is 0 Å². The van der Waals surface area contributed by atoms with E-state index in [-0.39, 0.29) is 22.8 Å². The number of nitrogens with one attached hydrogen (secondary N) is 1. The van der Waals surface area contributed by atoms with Gasteiger partial charge < -0.3 is 4.74 Å². The van der Waals surface area contributed by atoms with E-state index < -0.39 is 10.0 Å². The summed E-state index contributed by atoms with van der Waals surface area (Å²) in [6, 6.07) is 5.94. The molecular formula is C14H18BNO4S. The van der Waals surface area contributed by atoms with Gasteiger partial charge in [-0.2, -0.15) is 0 Å². The fourth-order valence-corrected chi connectivity index (χ4v) is 3.85. The van der Waals surface area contributed by atoms with Gasteiger partial charge in [-0.05, 0) is 37.8 Å². The van der Waals surface area contributed by atoms with Gasteiger partial charge in [-0.15, -0.1) is 0 Å². The first-order chi connectivity index (χ1) is 9.92. The summed E-state index contributed by atoms with van der Waals surface area (Å²) >= 11 is 0. The predicted octanol–water partition coefficient (Wildman–Crippen LogP) is 0.490. The second kappa shape index (κ2) is 6.62. The van der Waals surface area contributed by atoms with Gasteiger partial charge in [-0.3, -0.25) is 4.79 Å². The third kappa shape index (κ3) is 4.08. The molecule has 0 bridgehead atoms. The average molecular weight is 307 g/mol. The molecule has 1 N–H and O–H groups in total. The highest BCUT2D eigenvalue weighted by atomic mass is 32.2. The SMILES string of the molecule is [B]c1ccc(S(=O)(=O)NC2CCC(C(=O)OC)CC2)cc1. The third-order valence-electron chi connectivity index (χ3n) is 3.77. The van der Waals surface area contributed by atoms with Crippen LogP contribution in [0.5, 0.6) is 0 Å². The normalized spacial score (nSPS) is 22.7. The van der Waals surface area contributed by atoms with E-state index in [0.29, 0.717) is 31.1 Å². The lowest BCUT2D eigenvalue weighted by atomic mass is 9.86. The topological polar surface area (TPSA) is 72.5 Å². The Morgan fingerprint density at radius 3 is 2.29 bits per heavy atom. The van der Waals surface area contributed by atoms with Crippen LogP contribution in [0.15, 0.2) is 29.2 Å². The summed E-state index contributed by atoms with van der Waals surface area (Å²) in [5.74, 6) is -0.331. The lowest BCUT2D eigenvalue weighted by Crippen LogP contribution is -2.38. The van der Waals surface area contributed by atoms with Crippen molar-refractivity contribution in [2.24, 2.45) is 5.92 Å². The van der Waals surface area contributed by atoms with E-state index in [4.69, 9.17) is 12.6 Å². The van der Waals surface area contributed by atoms with Crippen molar-refractivity contribution in [2.75, 3.05) is 7.11 Å². The van der Waals surface area contributed by atoms with Crippen LogP contribution in [-0.2, 0) is 19.6 Å². The molecule has 0 amide bonds. The van der Waals surface area contributed by atoms with Gasteiger partial charge in [0.1, 0.15) is 7.85 Å². The van der Waals surface area contributed by atoms with Crippen molar-refractivity contribution in [3.8, 4) is 0 Å². The maximum atomic E-state index is 12.2. The molecule has 2 rings (SSSR count). The summed E-state index contributed by atoms with van der Waals surface area (Å²) in [4.78, 5) is 11.6. The zero-order valence-electron chi connectivity index (χ0n) is 11.9. The smallest absolute Gasteiger partial charge is 0.308 e. The summed E-state index contributed by atoms with van der Waals surface area (Å²) in [6.45, 7) is 0. The Bertz CT molecular complexity index is 592. The summed E-state index contributed by atoms with van der Waals surface area (Å²) in [5.41, 5.74) is 0.521. The lowest BCUT2D eigenvalue weighted by Gasteiger charge is -2.27. The minimum atomic E-state index is -3.54. The first-order valence-electron chi connectivity index (χ1n) is 6.88. The Kier molecular flexibility index (Phi) is 5.06. The van der Waals surface area contributed by atoms with Gasteiger partial charge in [0.25, 0.3) is 0 Å². The Morgan fingerprint density at radius 1 is 1.19 bits per heavy atom. The molecule has 0 atom stereocenters. The number of rotatable bonds is 4. The van der Waals surface area contributed by atoms with Crippen LogP contribution >= 0.6 is 0 Å². The molecule has 1 aromatic rings. The first-order valence-corrected chi connectivity index (χ1v) is 8.36. The molecule has 0 saturated heterocycles. The molecule has 1 aliphatic carbocycles. The molecule has 21 heavy (non-hydrogen) atoms. The van der Waals surface area contributed by atoms with Crippen molar-refractivity contribution in [1.29, 1.82) is 0 Å². The fraction of sp³-hybridized carbons (Fsp3) is 0.500. The van der Waals surface area contributed by atoms with E-state index in [1.807, 2.05) is 0 Å². The van der Waals surface area contributed by atoms with E-state index in [1.54, 1.807) is 12.1 Å². The highest BCUT2D eigenvalue weighted by molar-refractivity contribution is 7.89. The number of hydrogen-bond donors (Lipinski definition) is 1. The van der Waals surface area contributed by atoms with Crippen molar-refractivity contribution in [3.05, 3.63) is 24.3 Å². The molecule has 1 aliphatic rings. The van der Waals surface area contributed by atoms with Crippen molar-refractivity contribution < 1.29 is 17.9 Å². The van der Waals surface area contributed by atoms with Crippen LogP contribution in [0.3, 0.4) is 0 Å². The summed E-state index contributed by atoms with van der Waals surface area (Å²) < 4.78 is 31.9. The van der Waals surface area contributed by atoms with Crippen molar-refractivity contribution in [1.82, 2.24) is 4.72 Å². The lowest BCUT2D eigenvalue weighted by molar-refractivity contribution is -0.146. The molecule has 0 unspecified atom stereocenters. The van der Waals surface area contributed by atoms with Gasteiger partial charge in [0, 0.05) is 6.04 Å². The number of benzene rings is 1. The predicted molar refractivity (Wildman–Crippen MR) is 79.9 cm³/mol. The van der Waals surface area contributed by atoms with E-state index >= 15 is 0 Å². The van der Waals surface area contributed by atoms with Crippen LogP contribution in [-0.4, -0.2) is 35.4 Å². The van der Waals surface area contributed by atoms with Gasteiger partial charge in [0.15, 0.2) is 0 Å². The van der Waals surface area contributed by atoms with Crippen molar-refractivity contribution in [2.45, 2.75) is 36.6 Å². The Morgan fingerprint density at radius 2 is 1.76 bits per heavy atom. The molecule has 1 fully saturated rings. The second-order valence-corrected chi connectivity index (χ2v) is 6.98. The molecule has 0 heterocycles. The quantitative estimate of drug-likeness (QED) is 0.649. The summed E-state index contributed by atoms with van der Waals surface area (Å²) in [6.07, 6.45) is 2.55. The van der Waals surface area contributed by atoms with Gasteiger partial charge in [-0.1, -0.05) is 17.6 Å². The molecule has 112 valence electrons. The maximum absolute atomic E-state index is 12.2. The Labute approximate surface area is 126 Å². The zero-order chi connectivity index (χ0) is 15.5. The molecule has 0 aliphatic heterocycles. The van der Waals surface area contributed by atoms with Crippen molar-refractivity contribution >= 4 is 29.3 Å². The maximum Gasteiger partial charge on any atom is 0.308 e. The zero-order valence-corrected chi connectivity index (χ0v) is 12.7. The monoisotopic (exact) mass is 307 g/mol. The number of hydrogen-bond acceptors (Lipinski definition) is 4. The Balaban J connectivity index is 1.96. The summed E-state index contributed by atoms with van der Waals surface area (Å²) in [5, 5.41) is 0. The van der Waals surface area contributed by atoms with E-state index in [9.17, 15) is 13.2 Å². The van der Waals surface area contributed by atoms with Crippen LogP contribution in [0.4, 0.5) is 0 Å². The molecule has 5 nitrogen and oxygen atoms in total. The average Bonchev–Trinajstić information content (AvgIpc) is 2.47. The van der Waals surface area contributed by atoms with Gasteiger partial charge in [0.05, 0.1) is 17.9 Å². The first kappa shape index (κ1) is 16.0. The molecule has 2 radical (unpaired) electrons. The van der Waals surface area contributed by atoms with Crippen LogP contribution < -0.4 is 10.2 Å². The minimum Gasteiger partial charge on any atom is -0.469 e. The van der Waals surface area contributed by atoms with Crippen LogP contribution in [0.2, 0.25) is 0 Å². The molecule has 1 aromatic carbocycles. The van der Waals surface area contributed by atoms with Crippen LogP contribution in [0, 0.1) is 5.92 Å². The van der Waals surface area contributed by atoms with Gasteiger partial charge in [0.2, 0.25) is 10.0 Å². The highest BCUT2D eigenvalue weighted by Gasteiger charge is 2.29.